The molecule has 1 aromatic rings. The summed E-state index contributed by atoms with van der Waals surface area (Å²) in [5, 5.41) is 0.945. The van der Waals surface area contributed by atoms with E-state index in [0.29, 0.717) is 5.92 Å². The zero-order chi connectivity index (χ0) is 13.0. The van der Waals surface area contributed by atoms with E-state index in [1.165, 1.54) is 24.1 Å². The molecule has 0 saturated carbocycles. The average molecular weight is 267 g/mol. The van der Waals surface area contributed by atoms with E-state index in [1.807, 2.05) is 0 Å². The first-order valence-electron chi connectivity index (χ1n) is 6.87. The van der Waals surface area contributed by atoms with Crippen LogP contribution in [0.5, 0.6) is 0 Å². The summed E-state index contributed by atoms with van der Waals surface area (Å²) >= 11 is 6.43. The quantitative estimate of drug-likeness (QED) is 0.830. The van der Waals surface area contributed by atoms with Crippen LogP contribution in [0.25, 0.3) is 0 Å². The highest BCUT2D eigenvalue weighted by atomic mass is 35.5. The van der Waals surface area contributed by atoms with Crippen molar-refractivity contribution in [1.29, 1.82) is 0 Å². The van der Waals surface area contributed by atoms with E-state index >= 15 is 0 Å². The predicted octanol–water partition coefficient (Wildman–Crippen LogP) is 3.04. The van der Waals surface area contributed by atoms with Crippen molar-refractivity contribution in [2.75, 3.05) is 26.7 Å². The van der Waals surface area contributed by atoms with Crippen LogP contribution in [-0.2, 0) is 6.42 Å². The summed E-state index contributed by atoms with van der Waals surface area (Å²) in [6, 6.07) is 6.60. The minimum atomic E-state index is 0.612. The molecule has 1 atom stereocenters. The number of hydrogen-bond donors (Lipinski definition) is 1. The van der Waals surface area contributed by atoms with Crippen LogP contribution in [0, 0.1) is 0 Å². The third-order valence-corrected chi connectivity index (χ3v) is 4.14. The van der Waals surface area contributed by atoms with Crippen molar-refractivity contribution in [1.82, 2.24) is 4.90 Å². The number of aryl methyl sites for hydroxylation is 1. The minimum Gasteiger partial charge on any atom is -0.330 e. The van der Waals surface area contributed by atoms with Gasteiger partial charge in [0.1, 0.15) is 0 Å². The number of halogens is 1. The molecule has 100 valence electrons. The molecule has 1 aromatic carbocycles. The Kier molecular flexibility index (Phi) is 5.04. The molecule has 0 spiro atoms. The first-order valence-corrected chi connectivity index (χ1v) is 7.25. The molecule has 18 heavy (non-hydrogen) atoms. The number of nitrogens with two attached hydrogens (primary N) is 1. The number of nitrogens with zero attached hydrogens (tertiary/aromatic N) is 1. The average Bonchev–Trinajstić information content (AvgIpc) is 2.76. The van der Waals surface area contributed by atoms with Gasteiger partial charge in [0.25, 0.3) is 0 Å². The van der Waals surface area contributed by atoms with Crippen LogP contribution in [0.4, 0.5) is 0 Å². The van der Waals surface area contributed by atoms with E-state index in [4.69, 9.17) is 17.3 Å². The van der Waals surface area contributed by atoms with Gasteiger partial charge in [-0.2, -0.15) is 0 Å². The lowest BCUT2D eigenvalue weighted by Crippen LogP contribution is -2.13. The predicted molar refractivity (Wildman–Crippen MR) is 78.3 cm³/mol. The zero-order valence-electron chi connectivity index (χ0n) is 11.2. The Morgan fingerprint density at radius 1 is 1.39 bits per heavy atom. The zero-order valence-corrected chi connectivity index (χ0v) is 11.9. The molecule has 0 radical (unpaired) electrons. The molecular weight excluding hydrogens is 244 g/mol. The smallest absolute Gasteiger partial charge is 0.0444 e. The molecule has 1 saturated heterocycles. The number of likely N-dealkylation sites (N-methyl/N-ethyl adjacent to an activating group) is 1. The van der Waals surface area contributed by atoms with Crippen LogP contribution in [0.3, 0.4) is 0 Å². The summed E-state index contributed by atoms with van der Waals surface area (Å²) in [7, 11) is 2.18. The Hall–Kier alpha value is -0.570. The Morgan fingerprint density at radius 3 is 2.83 bits per heavy atom. The molecule has 0 amide bonds. The number of hydrogen-bond acceptors (Lipinski definition) is 2. The number of rotatable bonds is 5. The van der Waals surface area contributed by atoms with Gasteiger partial charge in [-0.3, -0.25) is 0 Å². The van der Waals surface area contributed by atoms with Crippen molar-refractivity contribution >= 4 is 11.6 Å². The molecule has 1 fully saturated rings. The molecule has 0 bridgehead atoms. The van der Waals surface area contributed by atoms with E-state index in [1.54, 1.807) is 0 Å². The summed E-state index contributed by atoms with van der Waals surface area (Å²) in [6.07, 6.45) is 4.55. The maximum atomic E-state index is 6.43. The Morgan fingerprint density at radius 2 is 2.22 bits per heavy atom. The highest BCUT2D eigenvalue weighted by molar-refractivity contribution is 6.31. The molecule has 1 unspecified atom stereocenters. The van der Waals surface area contributed by atoms with Gasteiger partial charge < -0.3 is 10.6 Å². The van der Waals surface area contributed by atoms with Gasteiger partial charge in [-0.15, -0.1) is 0 Å². The molecule has 0 aromatic heterocycles. The molecular formula is C15H23ClN2. The Bertz CT molecular complexity index is 392. The van der Waals surface area contributed by atoms with Crippen molar-refractivity contribution in [3.05, 3.63) is 34.3 Å². The lowest BCUT2D eigenvalue weighted by atomic mass is 9.96. The van der Waals surface area contributed by atoms with Crippen LogP contribution in [0.15, 0.2) is 18.2 Å². The molecule has 1 aliphatic heterocycles. The Balaban J connectivity index is 2.01. The molecule has 0 aliphatic carbocycles. The maximum absolute atomic E-state index is 6.43. The topological polar surface area (TPSA) is 29.3 Å². The molecule has 2 N–H and O–H groups in total. The number of benzene rings is 1. The van der Waals surface area contributed by atoms with Gasteiger partial charge in [0, 0.05) is 11.6 Å². The molecule has 2 rings (SSSR count). The third kappa shape index (κ3) is 3.47. The fraction of sp³-hybridized carbons (Fsp3) is 0.600. The summed E-state index contributed by atoms with van der Waals surface area (Å²) in [4.78, 5) is 2.37. The van der Waals surface area contributed by atoms with Crippen LogP contribution >= 0.6 is 11.6 Å². The van der Waals surface area contributed by atoms with E-state index < -0.39 is 0 Å². The minimum absolute atomic E-state index is 0.612. The highest BCUT2D eigenvalue weighted by Crippen LogP contribution is 2.32. The molecule has 1 heterocycles. The Labute approximate surface area is 115 Å². The second kappa shape index (κ2) is 6.55. The molecule has 2 nitrogen and oxygen atoms in total. The second-order valence-corrected chi connectivity index (χ2v) is 5.76. The van der Waals surface area contributed by atoms with E-state index in [0.717, 1.165) is 37.4 Å². The largest absolute Gasteiger partial charge is 0.330 e. The maximum Gasteiger partial charge on any atom is 0.0444 e. The van der Waals surface area contributed by atoms with Crippen molar-refractivity contribution in [2.45, 2.75) is 31.6 Å². The van der Waals surface area contributed by atoms with E-state index in [2.05, 4.69) is 30.1 Å². The SMILES string of the molecule is CN1CCC(c2ccc(CCCCN)cc2Cl)C1. The normalized spacial score (nSPS) is 20.5. The van der Waals surface area contributed by atoms with Gasteiger partial charge in [0.2, 0.25) is 0 Å². The first-order chi connectivity index (χ1) is 8.70. The van der Waals surface area contributed by atoms with Gasteiger partial charge in [0.05, 0.1) is 0 Å². The van der Waals surface area contributed by atoms with Crippen LogP contribution in [0.2, 0.25) is 5.02 Å². The van der Waals surface area contributed by atoms with Crippen LogP contribution in [-0.4, -0.2) is 31.6 Å². The molecule has 3 heteroatoms. The van der Waals surface area contributed by atoms with Crippen LogP contribution in [0.1, 0.15) is 36.3 Å². The summed E-state index contributed by atoms with van der Waals surface area (Å²) < 4.78 is 0. The van der Waals surface area contributed by atoms with E-state index in [-0.39, 0.29) is 0 Å². The molecule has 1 aliphatic rings. The fourth-order valence-corrected chi connectivity index (χ4v) is 3.08. The van der Waals surface area contributed by atoms with Crippen molar-refractivity contribution in [2.24, 2.45) is 5.73 Å². The fourth-order valence-electron chi connectivity index (χ4n) is 2.72. The van der Waals surface area contributed by atoms with Gasteiger partial charge in [-0.25, -0.2) is 0 Å². The second-order valence-electron chi connectivity index (χ2n) is 5.35. The summed E-state index contributed by atoms with van der Waals surface area (Å²) in [6.45, 7) is 3.09. The van der Waals surface area contributed by atoms with Gasteiger partial charge in [-0.1, -0.05) is 23.7 Å². The van der Waals surface area contributed by atoms with Crippen molar-refractivity contribution in [3.8, 4) is 0 Å². The summed E-state index contributed by atoms with van der Waals surface area (Å²) in [5.41, 5.74) is 8.17. The highest BCUT2D eigenvalue weighted by Gasteiger charge is 2.22. The van der Waals surface area contributed by atoms with Crippen molar-refractivity contribution < 1.29 is 0 Å². The monoisotopic (exact) mass is 266 g/mol. The van der Waals surface area contributed by atoms with E-state index in [9.17, 15) is 0 Å². The first kappa shape index (κ1) is 13.9. The van der Waals surface area contributed by atoms with Crippen molar-refractivity contribution in [3.63, 3.8) is 0 Å². The number of likely N-dealkylation sites (tertiary alicyclic amines) is 1. The van der Waals surface area contributed by atoms with Crippen LogP contribution < -0.4 is 5.73 Å². The number of unbranched alkanes of at least 4 members (excludes halogenated alkanes) is 1. The standard InChI is InChI=1S/C15H23ClN2/c1-18-9-7-13(11-18)14-6-5-12(10-15(14)16)4-2-3-8-17/h5-6,10,13H,2-4,7-9,11,17H2,1H3. The third-order valence-electron chi connectivity index (χ3n) is 3.82. The summed E-state index contributed by atoms with van der Waals surface area (Å²) in [5.74, 6) is 0.612. The van der Waals surface area contributed by atoms with Gasteiger partial charge >= 0.3 is 0 Å². The lowest BCUT2D eigenvalue weighted by Gasteiger charge is -2.14. The van der Waals surface area contributed by atoms with Gasteiger partial charge in [0.15, 0.2) is 0 Å². The van der Waals surface area contributed by atoms with Gasteiger partial charge in [-0.05, 0) is 68.9 Å². The lowest BCUT2D eigenvalue weighted by molar-refractivity contribution is 0.411.